The molecule has 2 N–H and O–H groups in total. The predicted octanol–water partition coefficient (Wildman–Crippen LogP) is 2.98. The number of nitrogens with zero attached hydrogens (tertiary/aromatic N) is 4. The van der Waals surface area contributed by atoms with Crippen LogP contribution in [0.4, 0.5) is 0 Å². The molecule has 3 rings (SSSR count). The number of hydrogen-bond donors (Lipinski definition) is 2. The maximum Gasteiger partial charge on any atom is 0.252 e. The van der Waals surface area contributed by atoms with Crippen molar-refractivity contribution in [2.75, 3.05) is 20.3 Å². The van der Waals surface area contributed by atoms with Crippen LogP contribution < -0.4 is 5.32 Å². The first-order chi connectivity index (χ1) is 14.5. The van der Waals surface area contributed by atoms with E-state index in [1.807, 2.05) is 6.92 Å². The zero-order valence-corrected chi connectivity index (χ0v) is 16.9. The van der Waals surface area contributed by atoms with E-state index >= 15 is 0 Å². The van der Waals surface area contributed by atoms with Gasteiger partial charge in [-0.2, -0.15) is 15.0 Å². The van der Waals surface area contributed by atoms with Gasteiger partial charge in [-0.25, -0.2) is 4.98 Å². The number of amides is 1. The van der Waals surface area contributed by atoms with Gasteiger partial charge in [0.2, 0.25) is 5.88 Å². The number of methoxy groups -OCH3 is 1. The SMILES string of the molecule is COCCCCNC(=O)c1ccc(-n2ncc(-c3ccc(C#N)cc3C)c2O)nc1. The second kappa shape index (κ2) is 9.67. The Kier molecular flexibility index (Phi) is 6.78. The second-order valence-corrected chi connectivity index (χ2v) is 6.80. The van der Waals surface area contributed by atoms with Crippen LogP contribution in [-0.2, 0) is 4.74 Å². The Morgan fingerprint density at radius 3 is 2.73 bits per heavy atom. The molecular weight excluding hydrogens is 382 g/mol. The molecule has 0 aliphatic heterocycles. The number of carbonyl (C=O) groups excluding carboxylic acids is 1. The summed E-state index contributed by atoms with van der Waals surface area (Å²) >= 11 is 0. The first-order valence-electron chi connectivity index (χ1n) is 9.57. The number of aromatic hydroxyl groups is 1. The Morgan fingerprint density at radius 2 is 2.07 bits per heavy atom. The number of nitriles is 1. The lowest BCUT2D eigenvalue weighted by molar-refractivity contribution is 0.0951. The largest absolute Gasteiger partial charge is 0.493 e. The summed E-state index contributed by atoms with van der Waals surface area (Å²) in [6.07, 6.45) is 4.72. The van der Waals surface area contributed by atoms with Gasteiger partial charge in [-0.1, -0.05) is 6.07 Å². The van der Waals surface area contributed by atoms with Crippen molar-refractivity contribution in [3.05, 3.63) is 59.4 Å². The van der Waals surface area contributed by atoms with E-state index in [9.17, 15) is 9.90 Å². The molecule has 1 amide bonds. The molecule has 0 unspecified atom stereocenters. The summed E-state index contributed by atoms with van der Waals surface area (Å²) in [7, 11) is 1.65. The Bertz CT molecular complexity index is 1070. The maximum atomic E-state index is 12.2. The highest BCUT2D eigenvalue weighted by Gasteiger charge is 2.16. The van der Waals surface area contributed by atoms with Gasteiger partial charge in [0.25, 0.3) is 5.91 Å². The molecule has 0 fully saturated rings. The Labute approximate surface area is 174 Å². The van der Waals surface area contributed by atoms with Crippen molar-refractivity contribution >= 4 is 5.91 Å². The number of aromatic nitrogens is 3. The van der Waals surface area contributed by atoms with E-state index in [2.05, 4.69) is 21.5 Å². The summed E-state index contributed by atoms with van der Waals surface area (Å²) < 4.78 is 6.29. The van der Waals surface area contributed by atoms with Crippen molar-refractivity contribution < 1.29 is 14.6 Å². The minimum atomic E-state index is -0.204. The van der Waals surface area contributed by atoms with Crippen molar-refractivity contribution in [2.24, 2.45) is 0 Å². The highest BCUT2D eigenvalue weighted by atomic mass is 16.5. The fourth-order valence-corrected chi connectivity index (χ4v) is 3.06. The van der Waals surface area contributed by atoms with Crippen LogP contribution in [0.25, 0.3) is 16.9 Å². The van der Waals surface area contributed by atoms with Gasteiger partial charge in [0, 0.05) is 26.5 Å². The Balaban J connectivity index is 1.73. The van der Waals surface area contributed by atoms with Crippen LogP contribution in [-0.4, -0.2) is 46.0 Å². The van der Waals surface area contributed by atoms with Crippen molar-refractivity contribution in [2.45, 2.75) is 19.8 Å². The monoisotopic (exact) mass is 405 g/mol. The molecule has 0 saturated carbocycles. The van der Waals surface area contributed by atoms with Crippen molar-refractivity contribution in [3.8, 4) is 28.9 Å². The summed E-state index contributed by atoms with van der Waals surface area (Å²) in [5.41, 5.74) is 3.16. The Hall–Kier alpha value is -3.70. The van der Waals surface area contributed by atoms with Gasteiger partial charge in [0.15, 0.2) is 5.82 Å². The number of unbranched alkanes of at least 4 members (excludes halogenated alkanes) is 1. The molecule has 0 aliphatic carbocycles. The van der Waals surface area contributed by atoms with Gasteiger partial charge >= 0.3 is 0 Å². The number of benzene rings is 1. The molecule has 0 saturated heterocycles. The predicted molar refractivity (Wildman–Crippen MR) is 111 cm³/mol. The molecule has 3 aromatic rings. The highest BCUT2D eigenvalue weighted by molar-refractivity contribution is 5.93. The molecule has 0 spiro atoms. The second-order valence-electron chi connectivity index (χ2n) is 6.80. The van der Waals surface area contributed by atoms with Gasteiger partial charge in [0.1, 0.15) is 0 Å². The molecule has 2 aromatic heterocycles. The molecule has 8 heteroatoms. The summed E-state index contributed by atoms with van der Waals surface area (Å²) in [6.45, 7) is 3.11. The van der Waals surface area contributed by atoms with Gasteiger partial charge in [-0.05, 0) is 55.2 Å². The van der Waals surface area contributed by atoms with Crippen LogP contribution in [0, 0.1) is 18.3 Å². The molecule has 0 bridgehead atoms. The van der Waals surface area contributed by atoms with E-state index in [0.29, 0.717) is 35.7 Å². The number of hydrogen-bond acceptors (Lipinski definition) is 6. The van der Waals surface area contributed by atoms with E-state index in [4.69, 9.17) is 10.00 Å². The third kappa shape index (κ3) is 4.64. The van der Waals surface area contributed by atoms with Gasteiger partial charge < -0.3 is 15.2 Å². The zero-order valence-electron chi connectivity index (χ0n) is 16.9. The van der Waals surface area contributed by atoms with Gasteiger partial charge in [-0.15, -0.1) is 0 Å². The first kappa shape index (κ1) is 21.0. The van der Waals surface area contributed by atoms with E-state index < -0.39 is 0 Å². The molecule has 8 nitrogen and oxygen atoms in total. The fraction of sp³-hybridized carbons (Fsp3) is 0.273. The maximum absolute atomic E-state index is 12.2. The quantitative estimate of drug-likeness (QED) is 0.557. The molecule has 0 atom stereocenters. The number of pyridine rings is 1. The smallest absolute Gasteiger partial charge is 0.252 e. The third-order valence-electron chi connectivity index (χ3n) is 4.68. The molecular formula is C22H23N5O3. The lowest BCUT2D eigenvalue weighted by Gasteiger charge is -2.07. The van der Waals surface area contributed by atoms with Crippen LogP contribution in [0.15, 0.2) is 42.7 Å². The summed E-state index contributed by atoms with van der Waals surface area (Å²) in [5, 5.41) is 26.7. The number of carbonyl (C=O) groups is 1. The molecule has 0 radical (unpaired) electrons. The van der Waals surface area contributed by atoms with E-state index in [1.165, 1.54) is 10.9 Å². The number of nitrogens with one attached hydrogen (secondary N) is 1. The van der Waals surface area contributed by atoms with Crippen LogP contribution in [0.2, 0.25) is 0 Å². The van der Waals surface area contributed by atoms with E-state index in [1.54, 1.807) is 43.6 Å². The summed E-state index contributed by atoms with van der Waals surface area (Å²) in [5.74, 6) is 0.123. The average molecular weight is 405 g/mol. The highest BCUT2D eigenvalue weighted by Crippen LogP contribution is 2.32. The normalized spacial score (nSPS) is 10.6. The number of aryl methyl sites for hydroxylation is 1. The minimum Gasteiger partial charge on any atom is -0.493 e. The summed E-state index contributed by atoms with van der Waals surface area (Å²) in [4.78, 5) is 16.5. The van der Waals surface area contributed by atoms with Crippen molar-refractivity contribution in [1.29, 1.82) is 5.26 Å². The average Bonchev–Trinajstić information content (AvgIpc) is 3.14. The lowest BCUT2D eigenvalue weighted by Crippen LogP contribution is -2.24. The van der Waals surface area contributed by atoms with Crippen LogP contribution >= 0.6 is 0 Å². The first-order valence-corrected chi connectivity index (χ1v) is 9.57. The van der Waals surface area contributed by atoms with Crippen LogP contribution in [0.5, 0.6) is 5.88 Å². The van der Waals surface area contributed by atoms with E-state index in [-0.39, 0.29) is 11.8 Å². The summed E-state index contributed by atoms with van der Waals surface area (Å²) in [6, 6.07) is 10.6. The lowest BCUT2D eigenvalue weighted by atomic mass is 10.0. The molecule has 2 heterocycles. The zero-order chi connectivity index (χ0) is 21.5. The van der Waals surface area contributed by atoms with Crippen LogP contribution in [0.1, 0.15) is 34.3 Å². The molecule has 0 aliphatic rings. The standard InChI is InChI=1S/C22H23N5O3/c1-15-11-16(12-23)5-7-18(15)19-14-26-27(22(19)29)20-8-6-17(13-25-20)21(28)24-9-3-4-10-30-2/h5-8,11,13-14,29H,3-4,9-10H2,1-2H3,(H,24,28). The number of rotatable bonds is 8. The fourth-order valence-electron chi connectivity index (χ4n) is 3.06. The topological polar surface area (TPSA) is 113 Å². The van der Waals surface area contributed by atoms with Crippen molar-refractivity contribution in [3.63, 3.8) is 0 Å². The van der Waals surface area contributed by atoms with E-state index in [0.717, 1.165) is 24.0 Å². The minimum absolute atomic E-state index is 0.0642. The number of ether oxygens (including phenoxy) is 1. The molecule has 30 heavy (non-hydrogen) atoms. The van der Waals surface area contributed by atoms with Gasteiger partial charge in [-0.3, -0.25) is 4.79 Å². The Morgan fingerprint density at radius 1 is 1.23 bits per heavy atom. The van der Waals surface area contributed by atoms with Crippen molar-refractivity contribution in [1.82, 2.24) is 20.1 Å². The molecule has 1 aromatic carbocycles. The third-order valence-corrected chi connectivity index (χ3v) is 4.68. The van der Waals surface area contributed by atoms with Gasteiger partial charge in [0.05, 0.1) is 29.0 Å². The molecule has 154 valence electrons. The van der Waals surface area contributed by atoms with Crippen LogP contribution in [0.3, 0.4) is 0 Å².